The summed E-state index contributed by atoms with van der Waals surface area (Å²) in [6.07, 6.45) is 2.34. The summed E-state index contributed by atoms with van der Waals surface area (Å²) in [6, 6.07) is 4.97. The Kier molecular flexibility index (Phi) is 5.96. The molecule has 9 nitrogen and oxygen atoms in total. The third-order valence-electron chi connectivity index (χ3n) is 5.76. The fourth-order valence-electron chi connectivity index (χ4n) is 4.24. The van der Waals surface area contributed by atoms with Crippen LogP contribution in [0.5, 0.6) is 0 Å². The molecule has 1 aromatic heterocycles. The SMILES string of the molecule is Cc1noc(C)c1-c1ccc(NC2CCCS(O)(O)C2)c(NC(=O)[C@@H]2CCC(=O)N2)c1. The molecular formula is C21H28N4O5S. The minimum absolute atomic E-state index is 0.106. The Morgan fingerprint density at radius 2 is 2.06 bits per heavy atom. The lowest BCUT2D eigenvalue weighted by Crippen LogP contribution is -2.37. The highest BCUT2D eigenvalue weighted by molar-refractivity contribution is 8.24. The number of hydrogen-bond donors (Lipinski definition) is 5. The number of hydrogen-bond acceptors (Lipinski definition) is 7. The van der Waals surface area contributed by atoms with Crippen LogP contribution in [0.3, 0.4) is 0 Å². The average Bonchev–Trinajstić information content (AvgIpc) is 3.28. The van der Waals surface area contributed by atoms with E-state index in [1.165, 1.54) is 0 Å². The van der Waals surface area contributed by atoms with Gasteiger partial charge in [-0.1, -0.05) is 11.2 Å². The highest BCUT2D eigenvalue weighted by atomic mass is 32.3. The zero-order valence-corrected chi connectivity index (χ0v) is 18.4. The summed E-state index contributed by atoms with van der Waals surface area (Å²) < 4.78 is 25.5. The van der Waals surface area contributed by atoms with E-state index in [0.29, 0.717) is 35.7 Å². The van der Waals surface area contributed by atoms with Gasteiger partial charge in [-0.25, -0.2) is 0 Å². The lowest BCUT2D eigenvalue weighted by Gasteiger charge is -2.40. The standard InChI is InChI=1S/C21H28N4O5S/c1-12-20(13(2)30-25-12)14-5-6-16(22-15-4-3-9-31(28,29)11-15)18(10-14)24-21(27)17-7-8-19(26)23-17/h5-6,10,15,17,22,28-29H,3-4,7-9,11H2,1-2H3,(H,23,26)(H,24,27)/t15?,17-/m0/s1. The topological polar surface area (TPSA) is 137 Å². The predicted octanol–water partition coefficient (Wildman–Crippen LogP) is 3.50. The molecule has 4 rings (SSSR count). The second-order valence-corrected chi connectivity index (χ2v) is 10.6. The van der Waals surface area contributed by atoms with E-state index in [2.05, 4.69) is 21.1 Å². The van der Waals surface area contributed by atoms with Crippen LogP contribution in [0.25, 0.3) is 11.1 Å². The van der Waals surface area contributed by atoms with Gasteiger partial charge in [-0.15, -0.1) is 0 Å². The number of rotatable bonds is 5. The number of aryl methyl sites for hydroxylation is 2. The van der Waals surface area contributed by atoms with Gasteiger partial charge in [0.2, 0.25) is 11.8 Å². The molecule has 2 amide bonds. The maximum atomic E-state index is 12.8. The predicted molar refractivity (Wildman–Crippen MR) is 120 cm³/mol. The molecule has 1 aromatic carbocycles. The highest BCUT2D eigenvalue weighted by Crippen LogP contribution is 2.45. The third-order valence-corrected chi connectivity index (χ3v) is 7.64. The van der Waals surface area contributed by atoms with Crippen molar-refractivity contribution in [2.75, 3.05) is 22.1 Å². The van der Waals surface area contributed by atoms with Crippen molar-refractivity contribution < 1.29 is 23.2 Å². The van der Waals surface area contributed by atoms with Crippen LogP contribution in [-0.2, 0) is 9.59 Å². The van der Waals surface area contributed by atoms with E-state index < -0.39 is 16.6 Å². The lowest BCUT2D eigenvalue weighted by atomic mass is 10.0. The second kappa shape index (κ2) is 8.52. The summed E-state index contributed by atoms with van der Waals surface area (Å²) in [5, 5.41) is 13.0. The van der Waals surface area contributed by atoms with Crippen molar-refractivity contribution in [1.82, 2.24) is 10.5 Å². The molecule has 168 valence electrons. The zero-order chi connectivity index (χ0) is 22.2. The summed E-state index contributed by atoms with van der Waals surface area (Å²) in [4.78, 5) is 24.3. The maximum absolute atomic E-state index is 12.8. The number of nitrogens with zero attached hydrogens (tertiary/aromatic N) is 1. The van der Waals surface area contributed by atoms with Gasteiger partial charge in [0.25, 0.3) is 0 Å². The van der Waals surface area contributed by atoms with Crippen molar-refractivity contribution in [3.63, 3.8) is 0 Å². The van der Waals surface area contributed by atoms with Crippen LogP contribution >= 0.6 is 10.6 Å². The first-order chi connectivity index (χ1) is 14.7. The minimum atomic E-state index is -2.58. The van der Waals surface area contributed by atoms with E-state index >= 15 is 0 Å². The van der Waals surface area contributed by atoms with Gasteiger partial charge in [0.05, 0.1) is 22.8 Å². The molecule has 3 heterocycles. The van der Waals surface area contributed by atoms with Crippen LogP contribution in [-0.4, -0.2) is 49.7 Å². The van der Waals surface area contributed by atoms with E-state index in [4.69, 9.17) is 4.52 Å². The van der Waals surface area contributed by atoms with Crippen molar-refractivity contribution in [2.24, 2.45) is 0 Å². The number of carbonyl (C=O) groups excluding carboxylic acids is 2. The first-order valence-electron chi connectivity index (χ1n) is 10.4. The molecule has 0 bridgehead atoms. The second-order valence-electron chi connectivity index (χ2n) is 8.26. The van der Waals surface area contributed by atoms with Crippen molar-refractivity contribution in [3.05, 3.63) is 29.7 Å². The van der Waals surface area contributed by atoms with E-state index in [0.717, 1.165) is 29.7 Å². The van der Waals surface area contributed by atoms with E-state index in [1.807, 2.05) is 32.0 Å². The van der Waals surface area contributed by atoms with Gasteiger partial charge in [0, 0.05) is 23.8 Å². The van der Waals surface area contributed by atoms with Crippen LogP contribution < -0.4 is 16.0 Å². The molecule has 5 N–H and O–H groups in total. The number of amides is 2. The smallest absolute Gasteiger partial charge is 0.247 e. The Hall–Kier alpha value is -2.56. The molecule has 2 aromatic rings. The van der Waals surface area contributed by atoms with Crippen molar-refractivity contribution in [3.8, 4) is 11.1 Å². The molecular weight excluding hydrogens is 420 g/mol. The summed E-state index contributed by atoms with van der Waals surface area (Å²) in [6.45, 7) is 3.69. The Balaban J connectivity index is 1.63. The summed E-state index contributed by atoms with van der Waals surface area (Å²) >= 11 is 0. The van der Waals surface area contributed by atoms with E-state index in [1.54, 1.807) is 0 Å². The fourth-order valence-corrected chi connectivity index (χ4v) is 5.93. The molecule has 2 atom stereocenters. The molecule has 0 aliphatic carbocycles. The molecule has 2 aliphatic heterocycles. The maximum Gasteiger partial charge on any atom is 0.247 e. The third kappa shape index (κ3) is 4.86. The molecule has 2 saturated heterocycles. The van der Waals surface area contributed by atoms with Gasteiger partial charge in [-0.05, 0) is 50.8 Å². The van der Waals surface area contributed by atoms with Crippen LogP contribution in [0.4, 0.5) is 11.4 Å². The van der Waals surface area contributed by atoms with Gasteiger partial charge in [0.1, 0.15) is 11.8 Å². The highest BCUT2D eigenvalue weighted by Gasteiger charge is 2.29. The Morgan fingerprint density at radius 3 is 2.71 bits per heavy atom. The van der Waals surface area contributed by atoms with E-state index in [-0.39, 0.29) is 23.6 Å². The van der Waals surface area contributed by atoms with Crippen LogP contribution in [0, 0.1) is 13.8 Å². The average molecular weight is 449 g/mol. The Morgan fingerprint density at radius 1 is 1.26 bits per heavy atom. The molecule has 31 heavy (non-hydrogen) atoms. The minimum Gasteiger partial charge on any atom is -0.379 e. The molecule has 0 radical (unpaired) electrons. The number of carbonyl (C=O) groups is 2. The van der Waals surface area contributed by atoms with Gasteiger partial charge >= 0.3 is 0 Å². The summed E-state index contributed by atoms with van der Waals surface area (Å²) in [7, 11) is -2.58. The van der Waals surface area contributed by atoms with Crippen molar-refractivity contribution >= 4 is 33.8 Å². The van der Waals surface area contributed by atoms with Crippen molar-refractivity contribution in [1.29, 1.82) is 0 Å². The van der Waals surface area contributed by atoms with Crippen LogP contribution in [0.2, 0.25) is 0 Å². The Labute approximate surface area is 182 Å². The molecule has 10 heteroatoms. The Bertz CT molecular complexity index is 986. The molecule has 1 unspecified atom stereocenters. The van der Waals surface area contributed by atoms with Crippen LogP contribution in [0.15, 0.2) is 22.7 Å². The molecule has 0 saturated carbocycles. The van der Waals surface area contributed by atoms with Gasteiger partial charge in [0.15, 0.2) is 0 Å². The summed E-state index contributed by atoms with van der Waals surface area (Å²) in [5.41, 5.74) is 3.71. The monoisotopic (exact) mass is 448 g/mol. The molecule has 0 spiro atoms. The van der Waals surface area contributed by atoms with Crippen LogP contribution in [0.1, 0.15) is 37.1 Å². The number of nitrogens with one attached hydrogen (secondary N) is 3. The summed E-state index contributed by atoms with van der Waals surface area (Å²) in [5.74, 6) is 0.985. The number of anilines is 2. The van der Waals surface area contributed by atoms with Crippen molar-refractivity contribution in [2.45, 2.75) is 51.6 Å². The largest absolute Gasteiger partial charge is 0.379 e. The molecule has 2 aliphatic rings. The first kappa shape index (κ1) is 21.7. The number of benzene rings is 1. The zero-order valence-electron chi connectivity index (χ0n) is 17.6. The first-order valence-corrected chi connectivity index (χ1v) is 12.3. The van der Waals surface area contributed by atoms with Gasteiger partial charge < -0.3 is 20.5 Å². The molecule has 2 fully saturated rings. The quantitative estimate of drug-likeness (QED) is 0.472. The fraction of sp³-hybridized carbons (Fsp3) is 0.476. The van der Waals surface area contributed by atoms with Gasteiger partial charge in [-0.2, -0.15) is 10.6 Å². The lowest BCUT2D eigenvalue weighted by molar-refractivity contribution is -0.122. The van der Waals surface area contributed by atoms with E-state index in [9.17, 15) is 18.7 Å². The van der Waals surface area contributed by atoms with Gasteiger partial charge in [-0.3, -0.25) is 18.7 Å². The normalized spacial score (nSPS) is 23.8. The number of aromatic nitrogens is 1.